The summed E-state index contributed by atoms with van der Waals surface area (Å²) >= 11 is 0. The summed E-state index contributed by atoms with van der Waals surface area (Å²) in [5.41, 5.74) is 2.03. The van der Waals surface area contributed by atoms with E-state index in [2.05, 4.69) is 0 Å². The third-order valence-electron chi connectivity index (χ3n) is 4.33. The fourth-order valence-corrected chi connectivity index (χ4v) is 3.06. The van der Waals surface area contributed by atoms with Crippen LogP contribution in [0.4, 0.5) is 0 Å². The molecule has 1 heterocycles. The molecule has 0 unspecified atom stereocenters. The second-order valence-electron chi connectivity index (χ2n) is 6.14. The lowest BCUT2D eigenvalue weighted by Crippen LogP contribution is -2.44. The Morgan fingerprint density at radius 3 is 2.68 bits per heavy atom. The first-order valence-corrected chi connectivity index (χ1v) is 8.44. The average molecular weight is 339 g/mol. The van der Waals surface area contributed by atoms with Crippen molar-refractivity contribution in [2.45, 2.75) is 32.4 Å². The molecule has 1 aliphatic heterocycles. The van der Waals surface area contributed by atoms with Crippen LogP contribution in [0.1, 0.15) is 34.8 Å². The van der Waals surface area contributed by atoms with Crippen molar-refractivity contribution in [1.82, 2.24) is 4.90 Å². The predicted molar refractivity (Wildman–Crippen MR) is 93.2 cm³/mol. The summed E-state index contributed by atoms with van der Waals surface area (Å²) in [4.78, 5) is 26.7. The molecule has 3 rings (SSSR count). The van der Waals surface area contributed by atoms with Gasteiger partial charge in [0.25, 0.3) is 5.91 Å². The Labute approximate surface area is 146 Å². The number of aromatic hydroxyl groups is 1. The first kappa shape index (κ1) is 17.0. The Morgan fingerprint density at radius 1 is 1.20 bits per heavy atom. The lowest BCUT2D eigenvalue weighted by atomic mass is 9.98. The molecular formula is C20H21NO4. The molecule has 25 heavy (non-hydrogen) atoms. The number of benzene rings is 2. The van der Waals surface area contributed by atoms with Gasteiger partial charge < -0.3 is 14.7 Å². The van der Waals surface area contributed by atoms with Gasteiger partial charge >= 0.3 is 5.97 Å². The van der Waals surface area contributed by atoms with Gasteiger partial charge in [-0.1, -0.05) is 43.3 Å². The zero-order chi connectivity index (χ0) is 17.8. The number of esters is 1. The maximum Gasteiger partial charge on any atom is 0.339 e. The maximum atomic E-state index is 12.9. The quantitative estimate of drug-likeness (QED) is 0.851. The van der Waals surface area contributed by atoms with E-state index < -0.39 is 12.1 Å². The number of hydrogen-bond donors (Lipinski definition) is 1. The highest BCUT2D eigenvalue weighted by molar-refractivity contribution is 5.95. The maximum absolute atomic E-state index is 12.9. The molecule has 0 aliphatic carbocycles. The van der Waals surface area contributed by atoms with Gasteiger partial charge in [-0.2, -0.15) is 0 Å². The number of carbonyl (C=O) groups excluding carboxylic acids is 2. The molecule has 0 radical (unpaired) electrons. The number of carbonyl (C=O) groups is 2. The van der Waals surface area contributed by atoms with Crippen LogP contribution in [0.3, 0.4) is 0 Å². The van der Waals surface area contributed by atoms with Gasteiger partial charge in [0.05, 0.1) is 5.56 Å². The van der Waals surface area contributed by atoms with E-state index >= 15 is 0 Å². The van der Waals surface area contributed by atoms with Crippen LogP contribution in [0.15, 0.2) is 48.5 Å². The molecule has 1 atom stereocenters. The monoisotopic (exact) mass is 339 g/mol. The van der Waals surface area contributed by atoms with Crippen LogP contribution >= 0.6 is 0 Å². The summed E-state index contributed by atoms with van der Waals surface area (Å²) in [5, 5.41) is 9.97. The number of phenolic OH excluding ortho intramolecular Hbond substituents is 1. The molecule has 2 aromatic carbocycles. The second kappa shape index (κ2) is 7.38. The lowest BCUT2D eigenvalue weighted by molar-refractivity contribution is -0.141. The Kier molecular flexibility index (Phi) is 5.03. The van der Waals surface area contributed by atoms with Gasteiger partial charge in [-0.15, -0.1) is 0 Å². The van der Waals surface area contributed by atoms with Gasteiger partial charge in [-0.25, -0.2) is 4.79 Å². The van der Waals surface area contributed by atoms with Crippen LogP contribution in [-0.4, -0.2) is 34.5 Å². The van der Waals surface area contributed by atoms with Crippen molar-refractivity contribution >= 4 is 11.9 Å². The minimum atomic E-state index is -0.820. The molecule has 5 heteroatoms. The zero-order valence-corrected chi connectivity index (χ0v) is 14.1. The molecule has 1 N–H and O–H groups in total. The molecule has 1 amide bonds. The predicted octanol–water partition coefficient (Wildman–Crippen LogP) is 2.91. The van der Waals surface area contributed by atoms with Crippen molar-refractivity contribution in [1.29, 1.82) is 0 Å². The standard InChI is InChI=1S/C20H21NO4/c1-2-11-21(13-15-8-4-6-10-17(15)22)19(23)18-12-14-7-3-5-9-16(14)20(24)25-18/h3-10,18,22H,2,11-13H2,1H3/t18-/m0/s1. The van der Waals surface area contributed by atoms with E-state index in [1.807, 2.05) is 25.1 Å². The lowest BCUT2D eigenvalue weighted by Gasteiger charge is -2.30. The van der Waals surface area contributed by atoms with Gasteiger partial charge in [0.15, 0.2) is 6.10 Å². The van der Waals surface area contributed by atoms with Crippen molar-refractivity contribution < 1.29 is 19.4 Å². The van der Waals surface area contributed by atoms with Crippen molar-refractivity contribution in [3.05, 3.63) is 65.2 Å². The van der Waals surface area contributed by atoms with Crippen LogP contribution < -0.4 is 0 Å². The van der Waals surface area contributed by atoms with Crippen LogP contribution in [0.5, 0.6) is 5.75 Å². The van der Waals surface area contributed by atoms with Gasteiger partial charge in [0.2, 0.25) is 0 Å². The van der Waals surface area contributed by atoms with E-state index in [4.69, 9.17) is 4.74 Å². The zero-order valence-electron chi connectivity index (χ0n) is 14.1. The summed E-state index contributed by atoms with van der Waals surface area (Å²) in [7, 11) is 0. The number of fused-ring (bicyclic) bond motifs is 1. The Balaban J connectivity index is 1.79. The van der Waals surface area contributed by atoms with Crippen LogP contribution in [0.25, 0.3) is 0 Å². The first-order chi connectivity index (χ1) is 12.1. The minimum Gasteiger partial charge on any atom is -0.508 e. The van der Waals surface area contributed by atoms with Crippen molar-refractivity contribution in [2.75, 3.05) is 6.54 Å². The summed E-state index contributed by atoms with van der Waals surface area (Å²) in [6.07, 6.45) is 0.331. The molecule has 1 aliphatic rings. The number of cyclic esters (lactones) is 1. The largest absolute Gasteiger partial charge is 0.508 e. The summed E-state index contributed by atoms with van der Waals surface area (Å²) in [6.45, 7) is 2.80. The van der Waals surface area contributed by atoms with E-state index in [1.165, 1.54) is 0 Å². The van der Waals surface area contributed by atoms with Gasteiger partial charge in [0, 0.05) is 25.1 Å². The third kappa shape index (κ3) is 3.65. The fourth-order valence-electron chi connectivity index (χ4n) is 3.06. The molecule has 2 aromatic rings. The smallest absolute Gasteiger partial charge is 0.339 e. The Hall–Kier alpha value is -2.82. The molecule has 0 fully saturated rings. The van der Waals surface area contributed by atoms with Crippen molar-refractivity contribution in [3.8, 4) is 5.75 Å². The van der Waals surface area contributed by atoms with Gasteiger partial charge in [-0.3, -0.25) is 4.79 Å². The highest BCUT2D eigenvalue weighted by Gasteiger charge is 2.33. The van der Waals surface area contributed by atoms with E-state index in [-0.39, 0.29) is 18.2 Å². The Morgan fingerprint density at radius 2 is 1.92 bits per heavy atom. The topological polar surface area (TPSA) is 66.8 Å². The molecule has 0 bridgehead atoms. The number of hydrogen-bond acceptors (Lipinski definition) is 4. The molecule has 0 saturated carbocycles. The number of nitrogens with zero attached hydrogens (tertiary/aromatic N) is 1. The third-order valence-corrected chi connectivity index (χ3v) is 4.33. The van der Waals surface area contributed by atoms with E-state index in [0.29, 0.717) is 24.1 Å². The van der Waals surface area contributed by atoms with E-state index in [9.17, 15) is 14.7 Å². The molecule has 5 nitrogen and oxygen atoms in total. The second-order valence-corrected chi connectivity index (χ2v) is 6.14. The number of para-hydroxylation sites is 1. The number of phenols is 1. The average Bonchev–Trinajstić information content (AvgIpc) is 2.62. The van der Waals surface area contributed by atoms with E-state index in [1.54, 1.807) is 35.2 Å². The SMILES string of the molecule is CCCN(Cc1ccccc1O)C(=O)[C@@H]1Cc2ccccc2C(=O)O1. The van der Waals surface area contributed by atoms with Crippen LogP contribution in [-0.2, 0) is 22.5 Å². The number of rotatable bonds is 5. The molecular weight excluding hydrogens is 318 g/mol. The van der Waals surface area contributed by atoms with Crippen molar-refractivity contribution in [2.24, 2.45) is 0 Å². The minimum absolute atomic E-state index is 0.155. The molecule has 0 spiro atoms. The first-order valence-electron chi connectivity index (χ1n) is 8.44. The summed E-state index contributed by atoms with van der Waals surface area (Å²) < 4.78 is 5.38. The van der Waals surface area contributed by atoms with Gasteiger partial charge in [0.1, 0.15) is 5.75 Å². The fraction of sp³-hybridized carbons (Fsp3) is 0.300. The molecule has 0 aromatic heterocycles. The molecule has 130 valence electrons. The highest BCUT2D eigenvalue weighted by Crippen LogP contribution is 2.23. The summed E-state index contributed by atoms with van der Waals surface area (Å²) in [5.74, 6) is -0.533. The highest BCUT2D eigenvalue weighted by atomic mass is 16.5. The Bertz CT molecular complexity index is 787. The number of amides is 1. The van der Waals surface area contributed by atoms with Crippen LogP contribution in [0.2, 0.25) is 0 Å². The van der Waals surface area contributed by atoms with Gasteiger partial charge in [-0.05, 0) is 24.1 Å². The number of ether oxygens (including phenoxy) is 1. The van der Waals surface area contributed by atoms with Crippen molar-refractivity contribution in [3.63, 3.8) is 0 Å². The van der Waals surface area contributed by atoms with E-state index in [0.717, 1.165) is 12.0 Å². The van der Waals surface area contributed by atoms with Crippen LogP contribution in [0, 0.1) is 0 Å². The normalized spacial score (nSPS) is 16.0. The molecule has 0 saturated heterocycles. The summed E-state index contributed by atoms with van der Waals surface area (Å²) in [6, 6.07) is 14.1.